The second-order valence-electron chi connectivity index (χ2n) is 5.95. The minimum Gasteiger partial charge on any atom is -0.481 e. The molecule has 0 amide bonds. The fourth-order valence-electron chi connectivity index (χ4n) is 2.09. The Hall–Kier alpha value is -1.69. The van der Waals surface area contributed by atoms with Gasteiger partial charge in [-0.15, -0.1) is 0 Å². The van der Waals surface area contributed by atoms with Gasteiger partial charge in [-0.05, 0) is 19.3 Å². The molecule has 5 nitrogen and oxygen atoms in total. The van der Waals surface area contributed by atoms with Crippen LogP contribution in [0.5, 0.6) is 0 Å². The molecule has 2 unspecified atom stereocenters. The van der Waals surface area contributed by atoms with Gasteiger partial charge in [-0.3, -0.25) is 4.79 Å². The van der Waals surface area contributed by atoms with Crippen LogP contribution >= 0.6 is 0 Å². The van der Waals surface area contributed by atoms with E-state index in [1.165, 1.54) is 0 Å². The van der Waals surface area contributed by atoms with Crippen LogP contribution in [0.2, 0.25) is 0 Å². The number of carbonyl (C=O) groups is 1. The number of rotatable bonds is 14. The number of hydrogen-bond donors (Lipinski definition) is 4. The normalized spacial score (nSPS) is 16.3. The van der Waals surface area contributed by atoms with Crippen LogP contribution in [0.4, 0.5) is 0 Å². The zero-order valence-corrected chi connectivity index (χ0v) is 15.0. The van der Waals surface area contributed by atoms with Crippen LogP contribution < -0.4 is 0 Å². The topological polar surface area (TPSA) is 98.0 Å². The summed E-state index contributed by atoms with van der Waals surface area (Å²) in [6.45, 7) is 2.09. The van der Waals surface area contributed by atoms with Gasteiger partial charge in [0.2, 0.25) is 0 Å². The van der Waals surface area contributed by atoms with Crippen LogP contribution in [0, 0.1) is 0 Å². The maximum Gasteiger partial charge on any atom is 0.303 e. The summed E-state index contributed by atoms with van der Waals surface area (Å²) in [4.78, 5) is 10.4. The van der Waals surface area contributed by atoms with Gasteiger partial charge in [0.1, 0.15) is 0 Å². The van der Waals surface area contributed by atoms with Crippen molar-refractivity contribution in [1.82, 2.24) is 0 Å². The van der Waals surface area contributed by atoms with E-state index in [9.17, 15) is 20.1 Å². The monoisotopic (exact) mass is 352 g/mol. The molecule has 0 bridgehead atoms. The molecule has 0 fully saturated rings. The molecule has 0 rings (SSSR count). The molecule has 0 spiro atoms. The van der Waals surface area contributed by atoms with E-state index >= 15 is 0 Å². The third-order valence-electron chi connectivity index (χ3n) is 3.59. The standard InChI is InChI=1S/C20H32O5/c1-2-3-8-14-18(22)19(23)15-10-7-5-4-6-9-12-17(21)13-11-16-20(24)25/h4-7,9-10,12,15,17-19,21-23H,2-3,8,11,13-14,16H2,1H3,(H,24,25)/b6-4-,7-5+,12-9?,15-10+/t17?,18-,19?/m1/s1. The van der Waals surface area contributed by atoms with Crippen molar-refractivity contribution < 1.29 is 25.2 Å². The number of aliphatic hydroxyl groups is 3. The van der Waals surface area contributed by atoms with E-state index in [-0.39, 0.29) is 6.42 Å². The number of carboxylic acids is 1. The lowest BCUT2D eigenvalue weighted by Crippen LogP contribution is -2.23. The number of unbranched alkanes of at least 4 members (excludes halogenated alkanes) is 2. The Labute approximate surface area is 150 Å². The highest BCUT2D eigenvalue weighted by molar-refractivity contribution is 5.66. The maximum atomic E-state index is 10.4. The number of aliphatic hydroxyl groups excluding tert-OH is 3. The van der Waals surface area contributed by atoms with Crippen molar-refractivity contribution in [2.24, 2.45) is 0 Å². The zero-order chi connectivity index (χ0) is 18.9. The van der Waals surface area contributed by atoms with Crippen LogP contribution in [0.15, 0.2) is 48.6 Å². The van der Waals surface area contributed by atoms with Crippen LogP contribution in [-0.2, 0) is 4.79 Å². The van der Waals surface area contributed by atoms with E-state index in [0.29, 0.717) is 19.3 Å². The van der Waals surface area contributed by atoms with E-state index in [1.54, 1.807) is 48.6 Å². The molecule has 5 heteroatoms. The smallest absolute Gasteiger partial charge is 0.303 e. The molecule has 25 heavy (non-hydrogen) atoms. The molecule has 0 radical (unpaired) electrons. The molecule has 0 aliphatic carbocycles. The van der Waals surface area contributed by atoms with Crippen molar-refractivity contribution in [3.8, 4) is 0 Å². The Morgan fingerprint density at radius 2 is 1.44 bits per heavy atom. The van der Waals surface area contributed by atoms with E-state index in [1.807, 2.05) is 0 Å². The summed E-state index contributed by atoms with van der Waals surface area (Å²) in [7, 11) is 0. The minimum atomic E-state index is -0.855. The number of carboxylic acid groups (broad SMARTS) is 1. The Morgan fingerprint density at radius 1 is 0.840 bits per heavy atom. The second-order valence-corrected chi connectivity index (χ2v) is 5.95. The van der Waals surface area contributed by atoms with Crippen LogP contribution in [-0.4, -0.2) is 44.7 Å². The maximum absolute atomic E-state index is 10.4. The molecule has 3 atom stereocenters. The van der Waals surface area contributed by atoms with E-state index in [0.717, 1.165) is 19.3 Å². The molecule has 0 saturated carbocycles. The van der Waals surface area contributed by atoms with E-state index in [4.69, 9.17) is 5.11 Å². The molecule has 4 N–H and O–H groups in total. The van der Waals surface area contributed by atoms with Crippen LogP contribution in [0.3, 0.4) is 0 Å². The van der Waals surface area contributed by atoms with Crippen molar-refractivity contribution in [1.29, 1.82) is 0 Å². The summed E-state index contributed by atoms with van der Waals surface area (Å²) in [6, 6.07) is 0. The van der Waals surface area contributed by atoms with Crippen molar-refractivity contribution >= 4 is 5.97 Å². The van der Waals surface area contributed by atoms with Gasteiger partial charge in [0.25, 0.3) is 0 Å². The summed E-state index contributed by atoms with van der Waals surface area (Å²) in [5, 5.41) is 37.6. The average Bonchev–Trinajstić information content (AvgIpc) is 2.56. The largest absolute Gasteiger partial charge is 0.481 e. The van der Waals surface area contributed by atoms with E-state index < -0.39 is 24.3 Å². The Morgan fingerprint density at radius 3 is 2.04 bits per heavy atom. The Bertz CT molecular complexity index is 451. The predicted octanol–water partition coefficient (Wildman–Crippen LogP) is 3.13. The first kappa shape index (κ1) is 23.3. The van der Waals surface area contributed by atoms with Crippen molar-refractivity contribution in [3.05, 3.63) is 48.6 Å². The van der Waals surface area contributed by atoms with Gasteiger partial charge < -0.3 is 20.4 Å². The summed E-state index contributed by atoms with van der Waals surface area (Å²) in [5.41, 5.74) is 0. The first-order valence-electron chi connectivity index (χ1n) is 8.91. The van der Waals surface area contributed by atoms with Crippen molar-refractivity contribution in [2.75, 3.05) is 0 Å². The zero-order valence-electron chi connectivity index (χ0n) is 15.0. The predicted molar refractivity (Wildman–Crippen MR) is 100 cm³/mol. The van der Waals surface area contributed by atoms with Gasteiger partial charge >= 0.3 is 5.97 Å². The van der Waals surface area contributed by atoms with Gasteiger partial charge in [0.15, 0.2) is 0 Å². The number of hydrogen-bond acceptors (Lipinski definition) is 4. The van der Waals surface area contributed by atoms with Gasteiger partial charge in [-0.2, -0.15) is 0 Å². The van der Waals surface area contributed by atoms with Gasteiger partial charge in [-0.1, -0.05) is 74.8 Å². The minimum absolute atomic E-state index is 0.0644. The summed E-state index contributed by atoms with van der Waals surface area (Å²) in [6.07, 6.45) is 16.0. The summed E-state index contributed by atoms with van der Waals surface area (Å²) in [5.74, 6) is -0.854. The first-order valence-corrected chi connectivity index (χ1v) is 8.91. The average molecular weight is 352 g/mol. The van der Waals surface area contributed by atoms with Crippen LogP contribution in [0.25, 0.3) is 0 Å². The SMILES string of the molecule is CCCCC[C@@H](O)C(O)/C=C/C=C/C=C\C=CC(O)CCCC(=O)O. The molecular formula is C20H32O5. The second kappa shape index (κ2) is 15.8. The number of allylic oxidation sites excluding steroid dienone is 6. The summed E-state index contributed by atoms with van der Waals surface area (Å²) < 4.78 is 0. The quantitative estimate of drug-likeness (QED) is 0.284. The summed E-state index contributed by atoms with van der Waals surface area (Å²) >= 11 is 0. The molecule has 0 aromatic rings. The van der Waals surface area contributed by atoms with Gasteiger partial charge in [-0.25, -0.2) is 0 Å². The lowest BCUT2D eigenvalue weighted by atomic mass is 10.1. The molecule has 0 aromatic carbocycles. The van der Waals surface area contributed by atoms with Gasteiger partial charge in [0.05, 0.1) is 18.3 Å². The fourth-order valence-corrected chi connectivity index (χ4v) is 2.09. The Balaban J connectivity index is 3.96. The highest BCUT2D eigenvalue weighted by atomic mass is 16.4. The molecule has 0 aromatic heterocycles. The molecule has 0 heterocycles. The highest BCUT2D eigenvalue weighted by Crippen LogP contribution is 2.07. The van der Waals surface area contributed by atoms with Crippen LogP contribution in [0.1, 0.15) is 51.9 Å². The molecular weight excluding hydrogens is 320 g/mol. The lowest BCUT2D eigenvalue weighted by molar-refractivity contribution is -0.137. The number of aliphatic carboxylic acids is 1. The third kappa shape index (κ3) is 15.6. The molecule has 0 aliphatic heterocycles. The molecule has 0 aliphatic rings. The van der Waals surface area contributed by atoms with Crippen molar-refractivity contribution in [2.45, 2.75) is 70.2 Å². The van der Waals surface area contributed by atoms with Crippen molar-refractivity contribution in [3.63, 3.8) is 0 Å². The van der Waals surface area contributed by atoms with Gasteiger partial charge in [0, 0.05) is 6.42 Å². The fraction of sp³-hybridized carbons (Fsp3) is 0.550. The molecule has 142 valence electrons. The first-order chi connectivity index (χ1) is 12.0. The lowest BCUT2D eigenvalue weighted by Gasteiger charge is -2.13. The Kier molecular flexibility index (Phi) is 14.7. The highest BCUT2D eigenvalue weighted by Gasteiger charge is 2.11. The molecule has 0 saturated heterocycles. The third-order valence-corrected chi connectivity index (χ3v) is 3.59. The van der Waals surface area contributed by atoms with E-state index in [2.05, 4.69) is 6.92 Å².